The zero-order valence-corrected chi connectivity index (χ0v) is 17.4. The maximum atomic E-state index is 12.6. The molecule has 0 aliphatic heterocycles. The molecule has 5 nitrogen and oxygen atoms in total. The second-order valence-corrected chi connectivity index (χ2v) is 7.53. The Labute approximate surface area is 169 Å². The molecule has 0 fully saturated rings. The summed E-state index contributed by atoms with van der Waals surface area (Å²) in [5, 5.41) is 1.35. The van der Waals surface area contributed by atoms with Gasteiger partial charge in [-0.2, -0.15) is 0 Å². The predicted molar refractivity (Wildman–Crippen MR) is 110 cm³/mol. The number of hydrogen-bond donors (Lipinski definition) is 1. The first kappa shape index (κ1) is 18.8. The van der Waals surface area contributed by atoms with Crippen molar-refractivity contribution >= 4 is 56.7 Å². The number of H-pyrrole nitrogens is 1. The minimum Gasteiger partial charge on any atom is -0.482 e. The van der Waals surface area contributed by atoms with E-state index in [2.05, 4.69) is 32.6 Å². The number of carbonyl (C=O) groups is 2. The number of benzene rings is 1. The minimum absolute atomic E-state index is 0.0707. The lowest BCUT2D eigenvalue weighted by Gasteiger charge is -2.11. The van der Waals surface area contributed by atoms with E-state index in [4.69, 9.17) is 16.3 Å². The van der Waals surface area contributed by atoms with Crippen molar-refractivity contribution < 1.29 is 14.3 Å². The fourth-order valence-corrected chi connectivity index (χ4v) is 4.22. The number of ether oxygens (including phenoxy) is 1. The molecule has 0 atom stereocenters. The lowest BCUT2D eigenvalue weighted by atomic mass is 10.1. The van der Waals surface area contributed by atoms with Gasteiger partial charge in [-0.1, -0.05) is 11.6 Å². The molecule has 0 saturated heterocycles. The Morgan fingerprint density at radius 1 is 1.35 bits per heavy atom. The van der Waals surface area contributed by atoms with E-state index in [9.17, 15) is 9.59 Å². The molecule has 1 aromatic carbocycles. The van der Waals surface area contributed by atoms with Crippen molar-refractivity contribution in [3.63, 3.8) is 0 Å². The Kier molecular flexibility index (Phi) is 5.34. The molecule has 0 unspecified atom stereocenters. The molecule has 1 N–H and O–H groups in total. The van der Waals surface area contributed by atoms with E-state index < -0.39 is 0 Å². The van der Waals surface area contributed by atoms with Crippen LogP contribution in [0.3, 0.4) is 0 Å². The van der Waals surface area contributed by atoms with Gasteiger partial charge in [0.2, 0.25) is 5.78 Å². The van der Waals surface area contributed by atoms with Crippen LogP contribution in [-0.2, 0) is 0 Å². The Hall–Kier alpha value is -1.93. The highest BCUT2D eigenvalue weighted by Gasteiger charge is 2.21. The largest absolute Gasteiger partial charge is 0.482 e. The van der Waals surface area contributed by atoms with Crippen molar-refractivity contribution in [1.82, 2.24) is 9.97 Å². The number of aromatic nitrogens is 2. The van der Waals surface area contributed by atoms with Crippen LogP contribution in [0.1, 0.15) is 39.0 Å². The number of pyridine rings is 1. The van der Waals surface area contributed by atoms with Gasteiger partial charge in [0.05, 0.1) is 14.3 Å². The van der Waals surface area contributed by atoms with Crippen LogP contribution in [0, 0.1) is 17.4 Å². The van der Waals surface area contributed by atoms with Gasteiger partial charge in [-0.25, -0.2) is 0 Å². The maximum Gasteiger partial charge on any atom is 0.216 e. The standard InChI is InChI=1S/C19H16ClIN2O3/c1-9-16(11(3)24)10(2)23-17(9)15(25)8-26-19-14(21)7-13(20)12-5-4-6-22-18(12)19/h4-7,23H,8H2,1-3H3. The molecule has 2 heterocycles. The van der Waals surface area contributed by atoms with Crippen LogP contribution in [0.25, 0.3) is 10.9 Å². The molecule has 0 radical (unpaired) electrons. The number of hydrogen-bond acceptors (Lipinski definition) is 4. The molecule has 134 valence electrons. The van der Waals surface area contributed by atoms with Crippen LogP contribution in [0.2, 0.25) is 5.02 Å². The van der Waals surface area contributed by atoms with E-state index in [1.165, 1.54) is 6.92 Å². The van der Waals surface area contributed by atoms with Crippen molar-refractivity contribution in [3.8, 4) is 5.75 Å². The summed E-state index contributed by atoms with van der Waals surface area (Å²) in [6.07, 6.45) is 1.65. The summed E-state index contributed by atoms with van der Waals surface area (Å²) in [6.45, 7) is 4.86. The number of ketones is 2. The summed E-state index contributed by atoms with van der Waals surface area (Å²) in [7, 11) is 0. The fourth-order valence-electron chi connectivity index (χ4n) is 3.05. The second kappa shape index (κ2) is 7.36. The van der Waals surface area contributed by atoms with Crippen LogP contribution in [0.5, 0.6) is 5.75 Å². The third-order valence-electron chi connectivity index (χ3n) is 4.17. The van der Waals surface area contributed by atoms with Crippen LogP contribution in [0.15, 0.2) is 24.4 Å². The topological polar surface area (TPSA) is 72.0 Å². The van der Waals surface area contributed by atoms with Gasteiger partial charge in [-0.05, 0) is 67.1 Å². The first-order valence-corrected chi connectivity index (χ1v) is 9.35. The lowest BCUT2D eigenvalue weighted by molar-refractivity contribution is 0.0916. The summed E-state index contributed by atoms with van der Waals surface area (Å²) in [5.74, 6) is 0.221. The van der Waals surface area contributed by atoms with Crippen LogP contribution in [0.4, 0.5) is 0 Å². The first-order chi connectivity index (χ1) is 12.3. The number of Topliss-reactive ketones (excluding diaryl/α,β-unsaturated/α-hetero) is 2. The summed E-state index contributed by atoms with van der Waals surface area (Å²) >= 11 is 8.37. The number of carbonyl (C=O) groups excluding carboxylic acids is 2. The summed E-state index contributed by atoms with van der Waals surface area (Å²) in [4.78, 5) is 31.7. The average Bonchev–Trinajstić information content (AvgIpc) is 2.89. The molecule has 7 heteroatoms. The van der Waals surface area contributed by atoms with Crippen molar-refractivity contribution in [1.29, 1.82) is 0 Å². The molecule has 0 spiro atoms. The molecule has 0 amide bonds. The highest BCUT2D eigenvalue weighted by atomic mass is 127. The van der Waals surface area contributed by atoms with Gasteiger partial charge >= 0.3 is 0 Å². The number of aryl methyl sites for hydroxylation is 1. The van der Waals surface area contributed by atoms with Crippen LogP contribution < -0.4 is 4.74 Å². The van der Waals surface area contributed by atoms with E-state index >= 15 is 0 Å². The van der Waals surface area contributed by atoms with E-state index in [0.29, 0.717) is 38.8 Å². The number of aromatic amines is 1. The van der Waals surface area contributed by atoms with Gasteiger partial charge in [0, 0.05) is 22.8 Å². The van der Waals surface area contributed by atoms with Crippen molar-refractivity contribution in [2.75, 3.05) is 6.61 Å². The molecule has 0 saturated carbocycles. The van der Waals surface area contributed by atoms with E-state index in [1.807, 2.05) is 6.07 Å². The smallest absolute Gasteiger partial charge is 0.216 e. The van der Waals surface area contributed by atoms with E-state index in [0.717, 1.165) is 8.96 Å². The fraction of sp³-hybridized carbons (Fsp3) is 0.211. The molecule has 26 heavy (non-hydrogen) atoms. The number of nitrogens with zero attached hydrogens (tertiary/aromatic N) is 1. The normalized spacial score (nSPS) is 11.0. The average molecular weight is 483 g/mol. The number of fused-ring (bicyclic) bond motifs is 1. The summed E-state index contributed by atoms with van der Waals surface area (Å²) < 4.78 is 6.58. The van der Waals surface area contributed by atoms with Crippen molar-refractivity contribution in [3.05, 3.63) is 55.5 Å². The molecular formula is C19H16ClIN2O3. The molecule has 3 rings (SSSR count). The molecular weight excluding hydrogens is 467 g/mol. The van der Waals surface area contributed by atoms with Gasteiger partial charge in [-0.3, -0.25) is 14.6 Å². The molecule has 0 bridgehead atoms. The molecule has 0 aliphatic rings. The highest BCUT2D eigenvalue weighted by molar-refractivity contribution is 14.1. The highest BCUT2D eigenvalue weighted by Crippen LogP contribution is 2.34. The zero-order chi connectivity index (χ0) is 19.0. The van der Waals surface area contributed by atoms with Gasteiger partial charge in [0.1, 0.15) is 5.52 Å². The summed E-state index contributed by atoms with van der Waals surface area (Å²) in [5.41, 5.74) is 2.90. The molecule has 2 aromatic heterocycles. The number of halogens is 2. The quantitative estimate of drug-likeness (QED) is 0.415. The van der Waals surface area contributed by atoms with Crippen molar-refractivity contribution in [2.24, 2.45) is 0 Å². The maximum absolute atomic E-state index is 12.6. The monoisotopic (exact) mass is 482 g/mol. The third kappa shape index (κ3) is 3.35. The van der Waals surface area contributed by atoms with Gasteiger partial charge in [0.15, 0.2) is 18.1 Å². The second-order valence-electron chi connectivity index (χ2n) is 5.96. The predicted octanol–water partition coefficient (Wildman–Crippen LogP) is 4.90. The SMILES string of the molecule is CC(=O)c1c(C)[nH]c(C(=O)COc2c(I)cc(Cl)c3cccnc23)c1C. The molecule has 3 aromatic rings. The van der Waals surface area contributed by atoms with Gasteiger partial charge < -0.3 is 9.72 Å². The molecule has 0 aliphatic carbocycles. The number of rotatable bonds is 5. The summed E-state index contributed by atoms with van der Waals surface area (Å²) in [6, 6.07) is 5.43. The van der Waals surface area contributed by atoms with Gasteiger partial charge in [0.25, 0.3) is 0 Å². The zero-order valence-electron chi connectivity index (χ0n) is 14.4. The Bertz CT molecular complexity index is 1040. The van der Waals surface area contributed by atoms with Gasteiger partial charge in [-0.15, -0.1) is 0 Å². The van der Waals surface area contributed by atoms with E-state index in [1.54, 1.807) is 32.2 Å². The first-order valence-electron chi connectivity index (χ1n) is 7.90. The van der Waals surface area contributed by atoms with E-state index in [-0.39, 0.29) is 18.2 Å². The Morgan fingerprint density at radius 2 is 2.08 bits per heavy atom. The lowest BCUT2D eigenvalue weighted by Crippen LogP contribution is -2.14. The van der Waals surface area contributed by atoms with Crippen LogP contribution in [-0.4, -0.2) is 28.1 Å². The Morgan fingerprint density at radius 3 is 2.73 bits per heavy atom. The third-order valence-corrected chi connectivity index (χ3v) is 5.28. The minimum atomic E-state index is -0.229. The Balaban J connectivity index is 1.91. The number of nitrogens with one attached hydrogen (secondary N) is 1. The van der Waals surface area contributed by atoms with Crippen LogP contribution >= 0.6 is 34.2 Å². The van der Waals surface area contributed by atoms with Crippen molar-refractivity contribution in [2.45, 2.75) is 20.8 Å².